The summed E-state index contributed by atoms with van der Waals surface area (Å²) in [6.07, 6.45) is 0. The van der Waals surface area contributed by atoms with Gasteiger partial charge < -0.3 is 0 Å². The lowest BCUT2D eigenvalue weighted by Crippen LogP contribution is -1.90. The van der Waals surface area contributed by atoms with Gasteiger partial charge in [0, 0.05) is 19.8 Å². The van der Waals surface area contributed by atoms with Crippen LogP contribution >= 0.6 is 34.4 Å². The topological polar surface area (TPSA) is 0 Å². The lowest BCUT2D eigenvalue weighted by atomic mass is 10.2. The predicted octanol–water partition coefficient (Wildman–Crippen LogP) is 4.90. The van der Waals surface area contributed by atoms with E-state index in [1.807, 2.05) is 42.5 Å². The third-order valence-corrected chi connectivity index (χ3v) is 4.50. The summed E-state index contributed by atoms with van der Waals surface area (Å²) in [5.41, 5.74) is 1.68. The summed E-state index contributed by atoms with van der Waals surface area (Å²) in [6.45, 7) is 3.74. The van der Waals surface area contributed by atoms with Crippen LogP contribution in [0.4, 0.5) is 4.39 Å². The van der Waals surface area contributed by atoms with Crippen molar-refractivity contribution in [3.8, 4) is 0 Å². The van der Waals surface area contributed by atoms with Gasteiger partial charge in [0.15, 0.2) is 0 Å². The van der Waals surface area contributed by atoms with Crippen LogP contribution in [0.2, 0.25) is 0 Å². The third kappa shape index (κ3) is 3.22. The molecule has 0 nitrogen and oxygen atoms in total. The van der Waals surface area contributed by atoms with Gasteiger partial charge >= 0.3 is 0 Å². The van der Waals surface area contributed by atoms with E-state index in [0.717, 1.165) is 9.32 Å². The zero-order valence-corrected chi connectivity index (χ0v) is 12.1. The first-order valence-corrected chi connectivity index (χ1v) is 7.21. The molecule has 0 aromatic heterocycles. The third-order valence-electron chi connectivity index (χ3n) is 2.39. The maximum atomic E-state index is 13.9. The Labute approximate surface area is 119 Å². The Morgan fingerprint density at radius 1 is 1.12 bits per heavy atom. The van der Waals surface area contributed by atoms with E-state index in [9.17, 15) is 4.39 Å². The van der Waals surface area contributed by atoms with Gasteiger partial charge in [-0.3, -0.25) is 0 Å². The zero-order chi connectivity index (χ0) is 12.3. The first kappa shape index (κ1) is 12.9. The lowest BCUT2D eigenvalue weighted by molar-refractivity contribution is 0.595. The summed E-state index contributed by atoms with van der Waals surface area (Å²) in [5.74, 6) is 0.579. The van der Waals surface area contributed by atoms with Crippen molar-refractivity contribution in [2.75, 3.05) is 0 Å². The van der Waals surface area contributed by atoms with Crippen LogP contribution in [0.25, 0.3) is 0 Å². The van der Waals surface area contributed by atoms with Gasteiger partial charge in [0.2, 0.25) is 0 Å². The predicted molar refractivity (Wildman–Crippen MR) is 79.6 cm³/mol. The Bertz CT molecular complexity index is 511. The van der Waals surface area contributed by atoms with Gasteiger partial charge in [0.05, 0.1) is 0 Å². The summed E-state index contributed by atoms with van der Waals surface area (Å²) in [6, 6.07) is 13.8. The van der Waals surface area contributed by atoms with Gasteiger partial charge in [-0.1, -0.05) is 30.3 Å². The van der Waals surface area contributed by atoms with Gasteiger partial charge in [0.1, 0.15) is 5.82 Å². The van der Waals surface area contributed by atoms with Crippen LogP contribution in [0, 0.1) is 16.3 Å². The standard InChI is InChI=1S/C14H11FIS/c1-10-12(16)7-8-13(14(10)15)17-9-11-5-3-2-4-6-11/h2-8H,1,9H2. The molecular formula is C14H11FIS. The summed E-state index contributed by atoms with van der Waals surface area (Å²) < 4.78 is 14.7. The number of thioether (sulfide) groups is 1. The van der Waals surface area contributed by atoms with E-state index < -0.39 is 0 Å². The van der Waals surface area contributed by atoms with E-state index in [2.05, 4.69) is 29.5 Å². The first-order valence-electron chi connectivity index (χ1n) is 5.15. The molecule has 0 unspecified atom stereocenters. The number of hydrogen-bond donors (Lipinski definition) is 0. The monoisotopic (exact) mass is 357 g/mol. The second kappa shape index (κ2) is 5.87. The minimum Gasteiger partial charge on any atom is -0.205 e. The minimum absolute atomic E-state index is 0.196. The fourth-order valence-electron chi connectivity index (χ4n) is 1.42. The average molecular weight is 357 g/mol. The largest absolute Gasteiger partial charge is 0.205 e. The van der Waals surface area contributed by atoms with Gasteiger partial charge in [-0.25, -0.2) is 4.39 Å². The molecule has 0 aliphatic rings. The molecule has 0 saturated carbocycles. The average Bonchev–Trinajstić information content (AvgIpc) is 2.36. The van der Waals surface area contributed by atoms with Crippen LogP contribution in [0.15, 0.2) is 47.4 Å². The molecule has 1 radical (unpaired) electrons. The highest BCUT2D eigenvalue weighted by molar-refractivity contribution is 14.1. The van der Waals surface area contributed by atoms with E-state index in [4.69, 9.17) is 0 Å². The maximum Gasteiger partial charge on any atom is 0.141 e. The van der Waals surface area contributed by atoms with E-state index in [1.165, 1.54) is 17.3 Å². The smallest absolute Gasteiger partial charge is 0.141 e. The highest BCUT2D eigenvalue weighted by Crippen LogP contribution is 2.29. The van der Waals surface area contributed by atoms with Crippen molar-refractivity contribution in [1.82, 2.24) is 0 Å². The van der Waals surface area contributed by atoms with Crippen LogP contribution in [0.3, 0.4) is 0 Å². The molecule has 0 aliphatic heterocycles. The molecule has 0 atom stereocenters. The van der Waals surface area contributed by atoms with Gasteiger partial charge in [-0.05, 0) is 47.2 Å². The first-order chi connectivity index (χ1) is 8.18. The van der Waals surface area contributed by atoms with Crippen LogP contribution in [-0.2, 0) is 5.75 Å². The fourth-order valence-corrected chi connectivity index (χ4v) is 2.77. The van der Waals surface area contributed by atoms with Crippen LogP contribution in [0.5, 0.6) is 0 Å². The van der Waals surface area contributed by atoms with E-state index >= 15 is 0 Å². The molecule has 0 N–H and O–H groups in total. The van der Waals surface area contributed by atoms with E-state index in [-0.39, 0.29) is 5.82 Å². The van der Waals surface area contributed by atoms with Crippen molar-refractivity contribution >= 4 is 34.4 Å². The van der Waals surface area contributed by atoms with Crippen molar-refractivity contribution in [2.24, 2.45) is 0 Å². The molecular weight excluding hydrogens is 346 g/mol. The summed E-state index contributed by atoms with van der Waals surface area (Å²) in [4.78, 5) is 0.666. The molecule has 87 valence electrons. The fraction of sp³-hybridized carbons (Fsp3) is 0.0714. The second-order valence-electron chi connectivity index (χ2n) is 3.61. The number of halogens is 2. The Balaban J connectivity index is 2.13. The Hall–Kier alpha value is -0.550. The molecule has 0 saturated heterocycles. The maximum absolute atomic E-state index is 13.9. The number of rotatable bonds is 3. The molecule has 0 aliphatic carbocycles. The molecule has 0 amide bonds. The molecule has 3 heteroatoms. The number of hydrogen-bond acceptors (Lipinski definition) is 1. The van der Waals surface area contributed by atoms with Crippen molar-refractivity contribution < 1.29 is 4.39 Å². The minimum atomic E-state index is -0.196. The molecule has 17 heavy (non-hydrogen) atoms. The van der Waals surface area contributed by atoms with Crippen LogP contribution < -0.4 is 0 Å². The molecule has 0 spiro atoms. The number of benzene rings is 2. The van der Waals surface area contributed by atoms with Gasteiger partial charge in [-0.2, -0.15) is 0 Å². The van der Waals surface area contributed by atoms with Crippen molar-refractivity contribution in [1.29, 1.82) is 0 Å². The Kier molecular flexibility index (Phi) is 4.45. The summed E-state index contributed by atoms with van der Waals surface area (Å²) in [5, 5.41) is 0. The Morgan fingerprint density at radius 2 is 1.82 bits per heavy atom. The molecule has 2 aromatic rings. The van der Waals surface area contributed by atoms with E-state index in [0.29, 0.717) is 10.5 Å². The van der Waals surface area contributed by atoms with Crippen molar-refractivity contribution in [3.63, 3.8) is 0 Å². The zero-order valence-electron chi connectivity index (χ0n) is 9.12. The van der Waals surface area contributed by atoms with Crippen molar-refractivity contribution in [3.05, 3.63) is 69.9 Å². The van der Waals surface area contributed by atoms with Crippen molar-refractivity contribution in [2.45, 2.75) is 10.6 Å². The normalized spacial score (nSPS) is 10.5. The van der Waals surface area contributed by atoms with E-state index in [1.54, 1.807) is 0 Å². The van der Waals surface area contributed by atoms with Crippen LogP contribution in [-0.4, -0.2) is 0 Å². The second-order valence-corrected chi connectivity index (χ2v) is 5.79. The van der Waals surface area contributed by atoms with Gasteiger partial charge in [0.25, 0.3) is 0 Å². The molecule has 2 rings (SSSR count). The summed E-state index contributed by atoms with van der Waals surface area (Å²) in [7, 11) is 0. The molecule has 0 bridgehead atoms. The van der Waals surface area contributed by atoms with Crippen LogP contribution in [0.1, 0.15) is 11.1 Å². The van der Waals surface area contributed by atoms with Gasteiger partial charge in [-0.15, -0.1) is 11.8 Å². The quantitative estimate of drug-likeness (QED) is 0.556. The summed E-state index contributed by atoms with van der Waals surface area (Å²) >= 11 is 3.60. The highest BCUT2D eigenvalue weighted by atomic mass is 127. The Morgan fingerprint density at radius 3 is 2.53 bits per heavy atom. The molecule has 0 heterocycles. The lowest BCUT2D eigenvalue weighted by Gasteiger charge is -2.07. The molecule has 2 aromatic carbocycles. The molecule has 0 fully saturated rings. The highest BCUT2D eigenvalue weighted by Gasteiger charge is 2.08. The SMILES string of the molecule is [CH2]c1c(I)ccc(SCc2ccccc2)c1F.